The van der Waals surface area contributed by atoms with Crippen LogP contribution in [0.25, 0.3) is 11.1 Å². The average molecular weight is 399 g/mol. The maximum atomic E-state index is 13.4. The van der Waals surface area contributed by atoms with Gasteiger partial charge in [0.1, 0.15) is 18.0 Å². The number of pyridine rings is 1. The van der Waals surface area contributed by atoms with Crippen molar-refractivity contribution in [1.29, 1.82) is 0 Å². The number of rotatable bonds is 1. The standard InChI is InChI=1S/C20H19ClN4O3/c1-25-18(26)20(24-19(25)22)14-8-11(12-7-13(21)10-23-9-12)4-5-15(14)28-16-3-2-6-27-17(16)20/h4-5,7-10,16-17H,2-3,6H2,1H3,(H2,22,24)/t16?,17-,20+/m0/s1. The van der Waals surface area contributed by atoms with Gasteiger partial charge in [0.05, 0.1) is 5.02 Å². The Balaban J connectivity index is 1.73. The van der Waals surface area contributed by atoms with E-state index in [1.165, 1.54) is 4.90 Å². The van der Waals surface area contributed by atoms with Crippen LogP contribution >= 0.6 is 11.6 Å². The molecule has 3 aliphatic heterocycles. The summed E-state index contributed by atoms with van der Waals surface area (Å²) in [6.45, 7) is 0.561. The number of amides is 1. The first-order valence-electron chi connectivity index (χ1n) is 9.18. The van der Waals surface area contributed by atoms with E-state index < -0.39 is 11.6 Å². The summed E-state index contributed by atoms with van der Waals surface area (Å²) in [5, 5.41) is 0.538. The second-order valence-electron chi connectivity index (χ2n) is 7.29. The molecule has 0 radical (unpaired) electrons. The van der Waals surface area contributed by atoms with Gasteiger partial charge in [-0.2, -0.15) is 0 Å². The lowest BCUT2D eigenvalue weighted by Gasteiger charge is -2.45. The monoisotopic (exact) mass is 398 g/mol. The molecule has 4 heterocycles. The van der Waals surface area contributed by atoms with Gasteiger partial charge in [0, 0.05) is 37.2 Å². The molecule has 1 aromatic carbocycles. The third kappa shape index (κ3) is 2.36. The first-order valence-corrected chi connectivity index (χ1v) is 9.55. The molecule has 5 rings (SSSR count). The van der Waals surface area contributed by atoms with Crippen LogP contribution in [0.5, 0.6) is 5.75 Å². The Bertz CT molecular complexity index is 1010. The van der Waals surface area contributed by atoms with Gasteiger partial charge in [0.25, 0.3) is 5.91 Å². The fourth-order valence-electron chi connectivity index (χ4n) is 4.28. The zero-order valence-corrected chi connectivity index (χ0v) is 16.0. The summed E-state index contributed by atoms with van der Waals surface area (Å²) in [4.78, 5) is 23.6. The predicted molar refractivity (Wildman–Crippen MR) is 104 cm³/mol. The number of fused-ring (bicyclic) bond motifs is 4. The molecule has 1 saturated heterocycles. The summed E-state index contributed by atoms with van der Waals surface area (Å²) < 4.78 is 12.2. The summed E-state index contributed by atoms with van der Waals surface area (Å²) in [6.07, 6.45) is 4.23. The normalized spacial score (nSPS) is 28.6. The molecule has 3 aliphatic rings. The largest absolute Gasteiger partial charge is 0.487 e. The summed E-state index contributed by atoms with van der Waals surface area (Å²) in [5.74, 6) is 0.610. The van der Waals surface area contributed by atoms with E-state index in [9.17, 15) is 4.79 Å². The number of carbonyl (C=O) groups excluding carboxylic acids is 1. The Labute approximate surface area is 167 Å². The first-order chi connectivity index (χ1) is 13.5. The fourth-order valence-corrected chi connectivity index (χ4v) is 4.46. The van der Waals surface area contributed by atoms with Gasteiger partial charge in [0.15, 0.2) is 5.96 Å². The van der Waals surface area contributed by atoms with Gasteiger partial charge in [-0.3, -0.25) is 14.7 Å². The molecule has 28 heavy (non-hydrogen) atoms. The quantitative estimate of drug-likeness (QED) is 0.796. The smallest absolute Gasteiger partial charge is 0.264 e. The van der Waals surface area contributed by atoms with Crippen LogP contribution in [0.15, 0.2) is 41.7 Å². The Morgan fingerprint density at radius 2 is 2.14 bits per heavy atom. The molecule has 1 unspecified atom stereocenters. The van der Waals surface area contributed by atoms with Crippen LogP contribution in [0.2, 0.25) is 5.02 Å². The van der Waals surface area contributed by atoms with E-state index in [-0.39, 0.29) is 18.0 Å². The zero-order chi connectivity index (χ0) is 19.5. The van der Waals surface area contributed by atoms with Gasteiger partial charge in [-0.15, -0.1) is 0 Å². The maximum Gasteiger partial charge on any atom is 0.264 e. The summed E-state index contributed by atoms with van der Waals surface area (Å²) in [7, 11) is 1.63. The lowest BCUT2D eigenvalue weighted by molar-refractivity contribution is -0.151. The van der Waals surface area contributed by atoms with Crippen molar-refractivity contribution in [3.05, 3.63) is 47.2 Å². The third-order valence-electron chi connectivity index (χ3n) is 5.65. The van der Waals surface area contributed by atoms with E-state index in [1.54, 1.807) is 19.4 Å². The molecule has 0 bridgehead atoms. The number of carbonyl (C=O) groups is 1. The van der Waals surface area contributed by atoms with Crippen molar-refractivity contribution in [1.82, 2.24) is 9.88 Å². The van der Waals surface area contributed by atoms with Crippen molar-refractivity contribution in [2.45, 2.75) is 30.6 Å². The van der Waals surface area contributed by atoms with Crippen molar-refractivity contribution >= 4 is 23.5 Å². The topological polar surface area (TPSA) is 90.0 Å². The average Bonchev–Trinajstić information content (AvgIpc) is 2.93. The van der Waals surface area contributed by atoms with Crippen molar-refractivity contribution in [3.8, 4) is 16.9 Å². The van der Waals surface area contributed by atoms with Crippen molar-refractivity contribution in [3.63, 3.8) is 0 Å². The minimum atomic E-state index is -1.24. The number of aromatic nitrogens is 1. The number of hydrogen-bond donors (Lipinski definition) is 1. The molecule has 1 spiro atoms. The molecular weight excluding hydrogens is 380 g/mol. The van der Waals surface area contributed by atoms with Crippen molar-refractivity contribution in [2.75, 3.05) is 13.7 Å². The summed E-state index contributed by atoms with van der Waals surface area (Å²) in [5.41, 5.74) is 7.18. The number of hydrogen-bond acceptors (Lipinski definition) is 6. The molecule has 0 aliphatic carbocycles. The number of nitrogens with zero attached hydrogens (tertiary/aromatic N) is 3. The second-order valence-corrected chi connectivity index (χ2v) is 7.73. The van der Waals surface area contributed by atoms with E-state index in [1.807, 2.05) is 24.3 Å². The van der Waals surface area contributed by atoms with E-state index in [0.29, 0.717) is 22.9 Å². The number of ether oxygens (including phenoxy) is 2. The van der Waals surface area contributed by atoms with Crippen LogP contribution in [0, 0.1) is 0 Å². The van der Waals surface area contributed by atoms with Gasteiger partial charge in [-0.05, 0) is 36.6 Å². The number of likely N-dealkylation sites (N-methyl/N-ethyl adjacent to an activating group) is 1. The minimum Gasteiger partial charge on any atom is -0.487 e. The zero-order valence-electron chi connectivity index (χ0n) is 15.3. The predicted octanol–water partition coefficient (Wildman–Crippen LogP) is 2.32. The van der Waals surface area contributed by atoms with Crippen molar-refractivity contribution < 1.29 is 14.3 Å². The molecule has 144 valence electrons. The molecule has 1 fully saturated rings. The van der Waals surface area contributed by atoms with Crippen LogP contribution in [0.4, 0.5) is 0 Å². The second kappa shape index (κ2) is 6.18. The van der Waals surface area contributed by atoms with E-state index in [2.05, 4.69) is 9.98 Å². The van der Waals surface area contributed by atoms with Gasteiger partial charge in [-0.1, -0.05) is 17.7 Å². The van der Waals surface area contributed by atoms with Crippen LogP contribution in [-0.4, -0.2) is 47.6 Å². The Morgan fingerprint density at radius 1 is 1.29 bits per heavy atom. The molecular formula is C20H19ClN4O3. The van der Waals surface area contributed by atoms with Crippen LogP contribution in [-0.2, 0) is 15.1 Å². The number of halogens is 1. The van der Waals surface area contributed by atoms with Crippen LogP contribution < -0.4 is 10.5 Å². The van der Waals surface area contributed by atoms with Gasteiger partial charge < -0.3 is 15.2 Å². The Hall–Kier alpha value is -2.64. The van der Waals surface area contributed by atoms with Gasteiger partial charge in [-0.25, -0.2) is 4.99 Å². The minimum absolute atomic E-state index is 0.181. The SMILES string of the molecule is CN1C(=O)[C@@]2(N=C1N)c1cc(-c3cncc(Cl)c3)ccc1OC1CCCO[C@@H]12. The molecule has 8 heteroatoms. The number of aliphatic imine (C=N–C) groups is 1. The third-order valence-corrected chi connectivity index (χ3v) is 5.86. The summed E-state index contributed by atoms with van der Waals surface area (Å²) >= 11 is 6.10. The molecule has 2 N–H and O–H groups in total. The van der Waals surface area contributed by atoms with Crippen LogP contribution in [0.1, 0.15) is 18.4 Å². The van der Waals surface area contributed by atoms with Gasteiger partial charge in [0.2, 0.25) is 5.54 Å². The highest BCUT2D eigenvalue weighted by atomic mass is 35.5. The highest BCUT2D eigenvalue weighted by Gasteiger charge is 2.61. The highest BCUT2D eigenvalue weighted by Crippen LogP contribution is 2.49. The lowest BCUT2D eigenvalue weighted by atomic mass is 9.76. The molecule has 1 amide bonds. The van der Waals surface area contributed by atoms with Crippen molar-refractivity contribution in [2.24, 2.45) is 10.7 Å². The fraction of sp³-hybridized carbons (Fsp3) is 0.350. The Kier molecular flexibility index (Phi) is 3.86. The van der Waals surface area contributed by atoms with E-state index >= 15 is 0 Å². The first kappa shape index (κ1) is 17.5. The number of nitrogens with two attached hydrogens (primary N) is 1. The molecule has 2 aromatic rings. The molecule has 7 nitrogen and oxygen atoms in total. The van der Waals surface area contributed by atoms with Crippen LogP contribution in [0.3, 0.4) is 0 Å². The molecule has 3 atom stereocenters. The van der Waals surface area contributed by atoms with Gasteiger partial charge >= 0.3 is 0 Å². The summed E-state index contributed by atoms with van der Waals surface area (Å²) in [6, 6.07) is 7.53. The molecule has 0 saturated carbocycles. The Morgan fingerprint density at radius 3 is 2.89 bits per heavy atom. The lowest BCUT2D eigenvalue weighted by Crippen LogP contribution is -2.58. The number of guanidine groups is 1. The van der Waals surface area contributed by atoms with E-state index in [4.69, 9.17) is 26.8 Å². The highest BCUT2D eigenvalue weighted by molar-refractivity contribution is 6.30. The number of benzene rings is 1. The van der Waals surface area contributed by atoms with E-state index in [0.717, 1.165) is 24.0 Å². The maximum absolute atomic E-state index is 13.4. The molecule has 1 aromatic heterocycles.